The molecule has 0 spiro atoms. The van der Waals surface area contributed by atoms with Crippen LogP contribution in [0.25, 0.3) is 0 Å². The molecule has 0 aliphatic carbocycles. The average molecular weight is 182 g/mol. The van der Waals surface area contributed by atoms with Crippen molar-refractivity contribution in [2.45, 2.75) is 25.4 Å². The lowest BCUT2D eigenvalue weighted by Crippen LogP contribution is -2.30. The summed E-state index contributed by atoms with van der Waals surface area (Å²) in [4.78, 5) is 10.7. The molecule has 0 aromatic rings. The fourth-order valence-corrected chi connectivity index (χ4v) is 0.720. The molecule has 12 heavy (non-hydrogen) atoms. The Morgan fingerprint density at radius 2 is 2.00 bits per heavy atom. The van der Waals surface area contributed by atoms with Crippen molar-refractivity contribution in [1.29, 1.82) is 0 Å². The van der Waals surface area contributed by atoms with E-state index in [4.69, 9.17) is 0 Å². The van der Waals surface area contributed by atoms with Crippen LogP contribution >= 0.6 is 0 Å². The van der Waals surface area contributed by atoms with Gasteiger partial charge in [0.2, 0.25) is 5.92 Å². The molecule has 0 saturated heterocycles. The van der Waals surface area contributed by atoms with Gasteiger partial charge in [-0.25, -0.2) is 13.6 Å². The summed E-state index contributed by atoms with van der Waals surface area (Å²) in [6.07, 6.45) is -1.84. The van der Waals surface area contributed by atoms with Gasteiger partial charge in [0.15, 0.2) is 6.10 Å². The lowest BCUT2D eigenvalue weighted by Gasteiger charge is -2.16. The first-order valence-corrected chi connectivity index (χ1v) is 3.39. The van der Waals surface area contributed by atoms with E-state index >= 15 is 0 Å². The molecule has 0 fully saturated rings. The van der Waals surface area contributed by atoms with Crippen molar-refractivity contribution in [1.82, 2.24) is 0 Å². The summed E-state index contributed by atoms with van der Waals surface area (Å²) in [7, 11) is 2.31. The molecule has 0 amide bonds. The van der Waals surface area contributed by atoms with E-state index in [-0.39, 0.29) is 0 Å². The molecule has 0 aromatic carbocycles. The summed E-state index contributed by atoms with van der Waals surface area (Å²) in [5, 5.41) is 0. The Balaban J connectivity index is 4.09. The predicted molar refractivity (Wildman–Crippen MR) is 38.1 cm³/mol. The summed E-state index contributed by atoms with van der Waals surface area (Å²) in [5.41, 5.74) is 0. The van der Waals surface area contributed by atoms with Crippen LogP contribution in [0.2, 0.25) is 0 Å². The van der Waals surface area contributed by atoms with Crippen LogP contribution in [0.15, 0.2) is 0 Å². The van der Waals surface area contributed by atoms with Gasteiger partial charge in [0.05, 0.1) is 7.11 Å². The number of ether oxygens (including phenoxy) is 2. The van der Waals surface area contributed by atoms with E-state index in [2.05, 4.69) is 9.47 Å². The highest BCUT2D eigenvalue weighted by molar-refractivity contribution is 5.74. The SMILES string of the molecule is COC(=O)[C@H](CC(C)(F)F)OC. The molecular weight excluding hydrogens is 170 g/mol. The first-order chi connectivity index (χ1) is 5.40. The van der Waals surface area contributed by atoms with Crippen molar-refractivity contribution in [3.05, 3.63) is 0 Å². The number of hydrogen-bond acceptors (Lipinski definition) is 3. The maximum absolute atomic E-state index is 12.4. The van der Waals surface area contributed by atoms with Gasteiger partial charge in [0.1, 0.15) is 0 Å². The topological polar surface area (TPSA) is 35.5 Å². The normalized spacial score (nSPS) is 14.1. The first kappa shape index (κ1) is 11.3. The van der Waals surface area contributed by atoms with Gasteiger partial charge >= 0.3 is 5.97 Å². The molecule has 0 N–H and O–H groups in total. The smallest absolute Gasteiger partial charge is 0.335 e. The van der Waals surface area contributed by atoms with Crippen molar-refractivity contribution >= 4 is 5.97 Å². The van der Waals surface area contributed by atoms with Gasteiger partial charge in [0.25, 0.3) is 0 Å². The first-order valence-electron chi connectivity index (χ1n) is 3.39. The molecule has 5 heteroatoms. The van der Waals surface area contributed by atoms with Crippen LogP contribution in [0.5, 0.6) is 0 Å². The summed E-state index contributed by atoms with van der Waals surface area (Å²) in [5.74, 6) is -3.70. The molecule has 72 valence electrons. The standard InChI is InChI=1S/C7H12F2O3/c1-7(8,9)4-5(11-2)6(10)12-3/h5H,4H2,1-3H3/t5-/m0/s1. The van der Waals surface area contributed by atoms with Gasteiger partial charge in [-0.05, 0) is 6.92 Å². The van der Waals surface area contributed by atoms with Crippen LogP contribution < -0.4 is 0 Å². The Labute approximate surface area is 69.6 Å². The highest BCUT2D eigenvalue weighted by Gasteiger charge is 2.31. The second kappa shape index (κ2) is 4.35. The Hall–Kier alpha value is -0.710. The third-order valence-electron chi connectivity index (χ3n) is 1.29. The molecule has 0 heterocycles. The molecule has 3 nitrogen and oxygen atoms in total. The third kappa shape index (κ3) is 4.23. The minimum absolute atomic E-state index is 0.657. The molecule has 0 saturated carbocycles. The maximum atomic E-state index is 12.4. The van der Waals surface area contributed by atoms with E-state index in [0.29, 0.717) is 0 Å². The Morgan fingerprint density at radius 1 is 1.50 bits per heavy atom. The van der Waals surface area contributed by atoms with Crippen molar-refractivity contribution in [2.24, 2.45) is 0 Å². The van der Waals surface area contributed by atoms with E-state index in [0.717, 1.165) is 14.0 Å². The minimum atomic E-state index is -2.92. The average Bonchev–Trinajstić information content (AvgIpc) is 1.97. The molecule has 0 radical (unpaired) electrons. The fraction of sp³-hybridized carbons (Fsp3) is 0.857. The van der Waals surface area contributed by atoms with Crippen molar-refractivity contribution in [3.8, 4) is 0 Å². The number of rotatable bonds is 4. The summed E-state index contributed by atoms with van der Waals surface area (Å²) in [6.45, 7) is 0.724. The fourth-order valence-electron chi connectivity index (χ4n) is 0.720. The summed E-state index contributed by atoms with van der Waals surface area (Å²) in [6, 6.07) is 0. The maximum Gasteiger partial charge on any atom is 0.335 e. The number of alkyl halides is 2. The minimum Gasteiger partial charge on any atom is -0.467 e. The monoisotopic (exact) mass is 182 g/mol. The van der Waals surface area contributed by atoms with Crippen LogP contribution in [0.4, 0.5) is 8.78 Å². The molecule has 0 aliphatic rings. The number of hydrogen-bond donors (Lipinski definition) is 0. The lowest BCUT2D eigenvalue weighted by atomic mass is 10.1. The number of carbonyl (C=O) groups is 1. The zero-order chi connectivity index (χ0) is 9.78. The highest BCUT2D eigenvalue weighted by atomic mass is 19.3. The number of halogens is 2. The number of esters is 1. The molecule has 0 aromatic heterocycles. The van der Waals surface area contributed by atoms with Crippen molar-refractivity contribution in [2.75, 3.05) is 14.2 Å². The van der Waals surface area contributed by atoms with E-state index in [1.807, 2.05) is 0 Å². The second-order valence-electron chi connectivity index (χ2n) is 2.52. The van der Waals surface area contributed by atoms with Crippen LogP contribution in [0.3, 0.4) is 0 Å². The zero-order valence-corrected chi connectivity index (χ0v) is 7.27. The molecule has 0 bridgehead atoms. The number of carbonyl (C=O) groups excluding carboxylic acids is 1. The lowest BCUT2D eigenvalue weighted by molar-refractivity contribution is -0.157. The zero-order valence-electron chi connectivity index (χ0n) is 7.27. The third-order valence-corrected chi connectivity index (χ3v) is 1.29. The van der Waals surface area contributed by atoms with Crippen molar-refractivity contribution in [3.63, 3.8) is 0 Å². The van der Waals surface area contributed by atoms with E-state index in [1.165, 1.54) is 7.11 Å². The second-order valence-corrected chi connectivity index (χ2v) is 2.52. The molecule has 1 atom stereocenters. The van der Waals surface area contributed by atoms with Gasteiger partial charge in [-0.15, -0.1) is 0 Å². The van der Waals surface area contributed by atoms with Crippen LogP contribution in [0.1, 0.15) is 13.3 Å². The Morgan fingerprint density at radius 3 is 2.25 bits per heavy atom. The quantitative estimate of drug-likeness (QED) is 0.613. The van der Waals surface area contributed by atoms with E-state index in [9.17, 15) is 13.6 Å². The molecule has 0 aliphatic heterocycles. The van der Waals surface area contributed by atoms with Crippen LogP contribution in [-0.2, 0) is 14.3 Å². The van der Waals surface area contributed by atoms with Gasteiger partial charge in [-0.3, -0.25) is 0 Å². The summed E-state index contributed by atoms with van der Waals surface area (Å²) < 4.78 is 33.5. The largest absolute Gasteiger partial charge is 0.467 e. The van der Waals surface area contributed by atoms with Crippen LogP contribution in [-0.4, -0.2) is 32.2 Å². The molecular formula is C7H12F2O3. The van der Waals surface area contributed by atoms with Gasteiger partial charge in [-0.2, -0.15) is 0 Å². The van der Waals surface area contributed by atoms with Gasteiger partial charge in [0, 0.05) is 13.5 Å². The van der Waals surface area contributed by atoms with Gasteiger partial charge in [-0.1, -0.05) is 0 Å². The number of methoxy groups -OCH3 is 2. The Bertz CT molecular complexity index is 153. The van der Waals surface area contributed by atoms with E-state index < -0.39 is 24.4 Å². The molecule has 0 rings (SSSR count). The highest BCUT2D eigenvalue weighted by Crippen LogP contribution is 2.20. The molecule has 0 unspecified atom stereocenters. The summed E-state index contributed by atoms with van der Waals surface area (Å²) >= 11 is 0. The van der Waals surface area contributed by atoms with Crippen molar-refractivity contribution < 1.29 is 23.0 Å². The van der Waals surface area contributed by atoms with E-state index in [1.54, 1.807) is 0 Å². The van der Waals surface area contributed by atoms with Crippen LogP contribution in [0, 0.1) is 0 Å². The van der Waals surface area contributed by atoms with Gasteiger partial charge < -0.3 is 9.47 Å². The Kier molecular flexibility index (Phi) is 4.09. The predicted octanol–water partition coefficient (Wildman–Crippen LogP) is 1.22.